The van der Waals surface area contributed by atoms with Crippen molar-refractivity contribution in [2.24, 2.45) is 23.7 Å². The highest BCUT2D eigenvalue weighted by molar-refractivity contribution is 5.72. The highest BCUT2D eigenvalue weighted by Crippen LogP contribution is 2.46. The van der Waals surface area contributed by atoms with Crippen LogP contribution in [0, 0.1) is 23.7 Å². The van der Waals surface area contributed by atoms with E-state index in [4.69, 9.17) is 4.74 Å². The first-order chi connectivity index (χ1) is 7.15. The molecule has 1 saturated carbocycles. The topological polar surface area (TPSA) is 66.8 Å². The zero-order chi connectivity index (χ0) is 11.0. The third-order valence-corrected chi connectivity index (χ3v) is 3.67. The molecule has 0 amide bonds. The predicted octanol–water partition coefficient (Wildman–Crippen LogP) is 0.864. The van der Waals surface area contributed by atoms with Gasteiger partial charge >= 0.3 is 5.97 Å². The molecule has 4 nitrogen and oxygen atoms in total. The number of aliphatic hydroxyl groups is 1. The van der Waals surface area contributed by atoms with Gasteiger partial charge in [-0.25, -0.2) is 0 Å². The molecule has 3 aliphatic carbocycles. The van der Waals surface area contributed by atoms with Gasteiger partial charge in [0.05, 0.1) is 5.92 Å². The molecule has 0 aromatic rings. The lowest BCUT2D eigenvalue weighted by atomic mass is 9.62. The maximum Gasteiger partial charge on any atom is 0.307 e. The number of hydrogen-bond acceptors (Lipinski definition) is 3. The fraction of sp³-hybridized carbons (Fsp3) is 0.727. The van der Waals surface area contributed by atoms with Crippen molar-refractivity contribution < 1.29 is 19.7 Å². The maximum absolute atomic E-state index is 11.2. The van der Waals surface area contributed by atoms with Crippen molar-refractivity contribution in [3.05, 3.63) is 12.2 Å². The Hall–Kier alpha value is -0.870. The van der Waals surface area contributed by atoms with E-state index in [1.165, 1.54) is 7.11 Å². The molecule has 0 heterocycles. The molecule has 0 aromatic heterocycles. The zero-order valence-corrected chi connectivity index (χ0v) is 8.67. The predicted molar refractivity (Wildman–Crippen MR) is 53.0 cm³/mol. The van der Waals surface area contributed by atoms with Crippen LogP contribution in [-0.4, -0.2) is 29.6 Å². The van der Waals surface area contributed by atoms with E-state index in [0.717, 1.165) is 12.8 Å². The molecule has 3 aliphatic rings. The number of hydrogen-bond donors (Lipinski definition) is 2. The van der Waals surface area contributed by atoms with Crippen LogP contribution in [0.1, 0.15) is 12.8 Å². The Morgan fingerprint density at radius 3 is 2.47 bits per heavy atom. The summed E-state index contributed by atoms with van der Waals surface area (Å²) in [6.45, 7) is 0. The molecule has 2 bridgehead atoms. The normalized spacial score (nSPS) is 40.4. The van der Waals surface area contributed by atoms with E-state index in [9.17, 15) is 15.0 Å². The minimum Gasteiger partial charge on any atom is -0.481 e. The number of allylic oxidation sites excluding steroid dienone is 2. The Labute approximate surface area is 88.6 Å². The molecule has 5 atom stereocenters. The smallest absolute Gasteiger partial charge is 0.307 e. The van der Waals surface area contributed by atoms with Crippen molar-refractivity contribution in [1.29, 1.82) is 0 Å². The molecule has 4 heteroatoms. The number of fused-ring (bicyclic) bond motifs is 2. The van der Waals surface area contributed by atoms with Crippen molar-refractivity contribution in [3.63, 3.8) is 0 Å². The molecule has 5 unspecified atom stereocenters. The number of methoxy groups -OCH3 is 1. The Bertz CT molecular complexity index is 286. The van der Waals surface area contributed by atoms with E-state index in [1.54, 1.807) is 0 Å². The molecule has 1 fully saturated rings. The van der Waals surface area contributed by atoms with Gasteiger partial charge in [0.25, 0.3) is 0 Å². The molecule has 0 aliphatic heterocycles. The lowest BCUT2D eigenvalue weighted by Crippen LogP contribution is -2.47. The maximum atomic E-state index is 11.2. The van der Waals surface area contributed by atoms with Crippen LogP contribution in [0.3, 0.4) is 0 Å². The lowest BCUT2D eigenvalue weighted by Gasteiger charge is -2.44. The van der Waals surface area contributed by atoms with E-state index in [1.807, 2.05) is 12.2 Å². The first-order valence-corrected chi connectivity index (χ1v) is 5.27. The molecule has 0 aromatic carbocycles. The van der Waals surface area contributed by atoms with Crippen molar-refractivity contribution in [2.75, 3.05) is 7.11 Å². The van der Waals surface area contributed by atoms with Crippen LogP contribution in [0.5, 0.6) is 0 Å². The molecule has 3 rings (SSSR count). The van der Waals surface area contributed by atoms with Gasteiger partial charge in [-0.05, 0) is 24.7 Å². The van der Waals surface area contributed by atoms with E-state index in [-0.39, 0.29) is 17.8 Å². The Morgan fingerprint density at radius 1 is 1.40 bits per heavy atom. The largest absolute Gasteiger partial charge is 0.481 e. The van der Waals surface area contributed by atoms with Gasteiger partial charge in [-0.3, -0.25) is 4.79 Å². The molecule has 2 N–H and O–H groups in total. The summed E-state index contributed by atoms with van der Waals surface area (Å²) in [5.74, 6) is -1.41. The summed E-state index contributed by atoms with van der Waals surface area (Å²) < 4.78 is 4.88. The average Bonchev–Trinajstić information content (AvgIpc) is 2.28. The van der Waals surface area contributed by atoms with Gasteiger partial charge in [-0.15, -0.1) is 0 Å². The summed E-state index contributed by atoms with van der Waals surface area (Å²) in [5, 5.41) is 18.9. The third kappa shape index (κ3) is 1.68. The molecular weight excluding hydrogens is 196 g/mol. The zero-order valence-electron chi connectivity index (χ0n) is 8.67. The summed E-state index contributed by atoms with van der Waals surface area (Å²) in [7, 11) is 1.41. The van der Waals surface area contributed by atoms with Gasteiger partial charge in [0.2, 0.25) is 0 Å². The third-order valence-electron chi connectivity index (χ3n) is 3.67. The van der Waals surface area contributed by atoms with Crippen LogP contribution in [0.4, 0.5) is 0 Å². The number of carboxylic acid groups (broad SMARTS) is 1. The second kappa shape index (κ2) is 3.94. The summed E-state index contributed by atoms with van der Waals surface area (Å²) in [4.78, 5) is 11.2. The molecule has 0 spiro atoms. The minimum atomic E-state index is -0.969. The van der Waals surface area contributed by atoms with E-state index in [2.05, 4.69) is 0 Å². The summed E-state index contributed by atoms with van der Waals surface area (Å²) >= 11 is 0. The SMILES string of the molecule is COC(O)C1C2C=CC(CC2)C1C(=O)O. The van der Waals surface area contributed by atoms with Crippen molar-refractivity contribution in [1.82, 2.24) is 0 Å². The number of rotatable bonds is 3. The average molecular weight is 212 g/mol. The van der Waals surface area contributed by atoms with Crippen LogP contribution in [0.25, 0.3) is 0 Å². The van der Waals surface area contributed by atoms with Crippen LogP contribution < -0.4 is 0 Å². The van der Waals surface area contributed by atoms with Gasteiger partial charge in [0.1, 0.15) is 0 Å². The molecule has 15 heavy (non-hydrogen) atoms. The van der Waals surface area contributed by atoms with Crippen LogP contribution in [-0.2, 0) is 9.53 Å². The summed E-state index contributed by atoms with van der Waals surface area (Å²) in [5.41, 5.74) is 0. The highest BCUT2D eigenvalue weighted by Gasteiger charge is 2.47. The summed E-state index contributed by atoms with van der Waals surface area (Å²) in [6, 6.07) is 0. The van der Waals surface area contributed by atoms with Gasteiger partial charge < -0.3 is 14.9 Å². The van der Waals surface area contributed by atoms with Crippen molar-refractivity contribution in [2.45, 2.75) is 19.1 Å². The quantitative estimate of drug-likeness (QED) is 0.538. The second-order valence-electron chi connectivity index (χ2n) is 4.36. The number of carbonyl (C=O) groups is 1. The van der Waals surface area contributed by atoms with Gasteiger partial charge in [0, 0.05) is 13.0 Å². The minimum absolute atomic E-state index is 0.0577. The number of carboxylic acids is 1. The Morgan fingerprint density at radius 2 is 2.00 bits per heavy atom. The van der Waals surface area contributed by atoms with Crippen LogP contribution in [0.2, 0.25) is 0 Å². The van der Waals surface area contributed by atoms with Gasteiger partial charge in [0.15, 0.2) is 6.29 Å². The molecule has 84 valence electrons. The molecular formula is C11H16O4. The van der Waals surface area contributed by atoms with Gasteiger partial charge in [-0.2, -0.15) is 0 Å². The van der Waals surface area contributed by atoms with Gasteiger partial charge in [-0.1, -0.05) is 12.2 Å². The Balaban J connectivity index is 2.26. The Kier molecular flexibility index (Phi) is 2.80. The second-order valence-corrected chi connectivity index (χ2v) is 4.36. The lowest BCUT2D eigenvalue weighted by molar-refractivity contribution is -0.175. The van der Waals surface area contributed by atoms with Crippen LogP contribution in [0.15, 0.2) is 12.2 Å². The standard InChI is InChI=1S/C11H16O4/c1-15-11(14)9-7-4-2-6(3-5-7)8(9)10(12)13/h2,4,6-9,11,14H,3,5H2,1H3,(H,12,13). The van der Waals surface area contributed by atoms with Crippen molar-refractivity contribution in [3.8, 4) is 0 Å². The molecule has 0 saturated heterocycles. The van der Waals surface area contributed by atoms with Crippen LogP contribution >= 0.6 is 0 Å². The fourth-order valence-corrected chi connectivity index (χ4v) is 2.93. The van der Waals surface area contributed by atoms with E-state index >= 15 is 0 Å². The van der Waals surface area contributed by atoms with E-state index in [0.29, 0.717) is 0 Å². The van der Waals surface area contributed by atoms with E-state index < -0.39 is 18.2 Å². The fourth-order valence-electron chi connectivity index (χ4n) is 2.93. The number of aliphatic carboxylic acids is 1. The number of aliphatic hydroxyl groups excluding tert-OH is 1. The molecule has 0 radical (unpaired) electrons. The first kappa shape index (κ1) is 10.6. The van der Waals surface area contributed by atoms with Crippen molar-refractivity contribution >= 4 is 5.97 Å². The highest BCUT2D eigenvalue weighted by atomic mass is 16.6. The summed E-state index contributed by atoms with van der Waals surface area (Å²) in [6.07, 6.45) is 4.90. The number of ether oxygens (including phenoxy) is 1. The monoisotopic (exact) mass is 212 g/mol. The first-order valence-electron chi connectivity index (χ1n) is 5.27.